The molecule has 0 radical (unpaired) electrons. The van der Waals surface area contributed by atoms with E-state index in [1.807, 2.05) is 30.3 Å². The van der Waals surface area contributed by atoms with Crippen molar-refractivity contribution in [3.63, 3.8) is 0 Å². The number of aliphatic hydroxyl groups is 1. The van der Waals surface area contributed by atoms with Crippen molar-refractivity contribution in [1.82, 2.24) is 14.8 Å². The van der Waals surface area contributed by atoms with E-state index in [4.69, 9.17) is 0 Å². The van der Waals surface area contributed by atoms with Gasteiger partial charge in [0, 0.05) is 11.3 Å². The highest BCUT2D eigenvalue weighted by molar-refractivity contribution is 7.99. The fraction of sp³-hybridized carbons (Fsp3) is 0.125. The number of aromatic nitrogens is 3. The molecular formula is C16H13F2N3OS. The van der Waals surface area contributed by atoms with E-state index in [-0.39, 0.29) is 11.3 Å². The molecule has 23 heavy (non-hydrogen) atoms. The summed E-state index contributed by atoms with van der Waals surface area (Å²) in [6, 6.07) is 12.5. The summed E-state index contributed by atoms with van der Waals surface area (Å²) in [7, 11) is 0. The SMILES string of the molecule is OC(CSc1ncn(-c2ccccc2)n1)c1cc(F)ccc1F. The maximum absolute atomic E-state index is 13.6. The molecule has 3 aromatic rings. The standard InChI is InChI=1S/C16H13F2N3OS/c17-11-6-7-14(18)13(8-11)15(22)9-23-16-19-10-21(20-16)12-4-2-1-3-5-12/h1-8,10,15,22H,9H2. The quantitative estimate of drug-likeness (QED) is 0.727. The van der Waals surface area contributed by atoms with Crippen LogP contribution in [0, 0.1) is 11.6 Å². The van der Waals surface area contributed by atoms with Crippen LogP contribution in [0.1, 0.15) is 11.7 Å². The van der Waals surface area contributed by atoms with Crippen LogP contribution in [0.15, 0.2) is 60.0 Å². The zero-order chi connectivity index (χ0) is 16.2. The first-order chi connectivity index (χ1) is 11.1. The minimum Gasteiger partial charge on any atom is -0.387 e. The van der Waals surface area contributed by atoms with Crippen molar-refractivity contribution in [1.29, 1.82) is 0 Å². The third kappa shape index (κ3) is 3.75. The maximum Gasteiger partial charge on any atom is 0.208 e. The van der Waals surface area contributed by atoms with Crippen molar-refractivity contribution in [2.45, 2.75) is 11.3 Å². The smallest absolute Gasteiger partial charge is 0.208 e. The molecule has 0 aliphatic carbocycles. The Balaban J connectivity index is 1.67. The molecule has 0 bridgehead atoms. The number of nitrogens with zero attached hydrogens (tertiary/aromatic N) is 3. The van der Waals surface area contributed by atoms with E-state index >= 15 is 0 Å². The van der Waals surface area contributed by atoms with Crippen LogP contribution in [0.5, 0.6) is 0 Å². The Bertz CT molecular complexity index is 795. The van der Waals surface area contributed by atoms with Crippen LogP contribution in [0.4, 0.5) is 8.78 Å². The summed E-state index contributed by atoms with van der Waals surface area (Å²) >= 11 is 1.17. The lowest BCUT2D eigenvalue weighted by Crippen LogP contribution is -2.04. The number of hydrogen-bond acceptors (Lipinski definition) is 4. The fourth-order valence-corrected chi connectivity index (χ4v) is 2.79. The van der Waals surface area contributed by atoms with Gasteiger partial charge < -0.3 is 5.11 Å². The Morgan fingerprint density at radius 3 is 2.70 bits per heavy atom. The third-order valence-corrected chi connectivity index (χ3v) is 4.11. The molecular weight excluding hydrogens is 320 g/mol. The Labute approximate surface area is 135 Å². The minimum absolute atomic E-state index is 0.0695. The van der Waals surface area contributed by atoms with Gasteiger partial charge in [-0.05, 0) is 30.3 Å². The Hall–Kier alpha value is -2.25. The van der Waals surface area contributed by atoms with Gasteiger partial charge in [0.05, 0.1) is 11.8 Å². The molecule has 1 heterocycles. The zero-order valence-corrected chi connectivity index (χ0v) is 12.8. The van der Waals surface area contributed by atoms with Crippen LogP contribution in [0.2, 0.25) is 0 Å². The van der Waals surface area contributed by atoms with Crippen molar-refractivity contribution in [3.8, 4) is 5.69 Å². The molecule has 0 saturated heterocycles. The summed E-state index contributed by atoms with van der Waals surface area (Å²) in [5.41, 5.74) is 0.795. The number of rotatable bonds is 5. The minimum atomic E-state index is -1.14. The molecule has 1 N–H and O–H groups in total. The van der Waals surface area contributed by atoms with E-state index in [1.54, 1.807) is 11.0 Å². The molecule has 1 unspecified atom stereocenters. The van der Waals surface area contributed by atoms with Gasteiger partial charge in [0.1, 0.15) is 18.0 Å². The van der Waals surface area contributed by atoms with Gasteiger partial charge in [-0.2, -0.15) is 0 Å². The van der Waals surface area contributed by atoms with Gasteiger partial charge in [0.25, 0.3) is 0 Å². The fourth-order valence-electron chi connectivity index (χ4n) is 2.03. The normalized spacial score (nSPS) is 12.3. The molecule has 7 heteroatoms. The van der Waals surface area contributed by atoms with Crippen LogP contribution in [0.3, 0.4) is 0 Å². The van der Waals surface area contributed by atoms with Gasteiger partial charge in [-0.1, -0.05) is 30.0 Å². The number of hydrogen-bond donors (Lipinski definition) is 1. The Kier molecular flexibility index (Phi) is 4.68. The number of para-hydroxylation sites is 1. The largest absolute Gasteiger partial charge is 0.387 e. The second-order valence-electron chi connectivity index (χ2n) is 4.80. The first-order valence-electron chi connectivity index (χ1n) is 6.86. The highest BCUT2D eigenvalue weighted by atomic mass is 32.2. The topological polar surface area (TPSA) is 50.9 Å². The highest BCUT2D eigenvalue weighted by Gasteiger charge is 2.15. The second-order valence-corrected chi connectivity index (χ2v) is 5.79. The summed E-state index contributed by atoms with van der Waals surface area (Å²) in [5.74, 6) is -1.10. The average molecular weight is 333 g/mol. The first-order valence-corrected chi connectivity index (χ1v) is 7.85. The lowest BCUT2D eigenvalue weighted by atomic mass is 10.1. The predicted octanol–water partition coefficient (Wildman–Crippen LogP) is 3.37. The molecule has 0 aliphatic heterocycles. The molecule has 1 aromatic heterocycles. The summed E-state index contributed by atoms with van der Waals surface area (Å²) in [5, 5.41) is 14.7. The molecule has 0 aliphatic rings. The van der Waals surface area contributed by atoms with Crippen molar-refractivity contribution in [2.75, 3.05) is 5.75 Å². The number of thioether (sulfide) groups is 1. The van der Waals surface area contributed by atoms with Crippen LogP contribution in [-0.4, -0.2) is 25.6 Å². The van der Waals surface area contributed by atoms with Crippen LogP contribution >= 0.6 is 11.8 Å². The molecule has 0 saturated carbocycles. The van der Waals surface area contributed by atoms with Gasteiger partial charge in [0.2, 0.25) is 5.16 Å². The summed E-state index contributed by atoms with van der Waals surface area (Å²) in [6.45, 7) is 0. The monoisotopic (exact) mass is 333 g/mol. The number of halogens is 2. The summed E-state index contributed by atoms with van der Waals surface area (Å²) < 4.78 is 28.4. The van der Waals surface area contributed by atoms with Crippen molar-refractivity contribution < 1.29 is 13.9 Å². The molecule has 3 rings (SSSR count). The van der Waals surface area contributed by atoms with E-state index in [2.05, 4.69) is 10.1 Å². The number of benzene rings is 2. The highest BCUT2D eigenvalue weighted by Crippen LogP contribution is 2.25. The van der Waals surface area contributed by atoms with E-state index < -0.39 is 17.7 Å². The van der Waals surface area contributed by atoms with Crippen LogP contribution in [0.25, 0.3) is 5.69 Å². The van der Waals surface area contributed by atoms with Gasteiger partial charge in [0.15, 0.2) is 0 Å². The zero-order valence-electron chi connectivity index (χ0n) is 11.9. The third-order valence-electron chi connectivity index (χ3n) is 3.18. The van der Waals surface area contributed by atoms with Crippen molar-refractivity contribution in [3.05, 3.63) is 72.1 Å². The number of aliphatic hydroxyl groups excluding tert-OH is 1. The predicted molar refractivity (Wildman–Crippen MR) is 83.4 cm³/mol. The van der Waals surface area contributed by atoms with Crippen LogP contribution in [-0.2, 0) is 0 Å². The molecule has 118 valence electrons. The van der Waals surface area contributed by atoms with E-state index in [1.165, 1.54) is 11.8 Å². The second kappa shape index (κ2) is 6.89. The first kappa shape index (κ1) is 15.6. The van der Waals surface area contributed by atoms with Gasteiger partial charge in [-0.25, -0.2) is 18.4 Å². The molecule has 4 nitrogen and oxygen atoms in total. The van der Waals surface area contributed by atoms with E-state index in [0.717, 1.165) is 23.9 Å². The molecule has 0 fully saturated rings. The molecule has 0 spiro atoms. The van der Waals surface area contributed by atoms with Crippen LogP contribution < -0.4 is 0 Å². The van der Waals surface area contributed by atoms with Crippen molar-refractivity contribution >= 4 is 11.8 Å². The summed E-state index contributed by atoms with van der Waals surface area (Å²) in [6.07, 6.45) is 0.423. The Morgan fingerprint density at radius 2 is 1.91 bits per heavy atom. The van der Waals surface area contributed by atoms with E-state index in [9.17, 15) is 13.9 Å². The lowest BCUT2D eigenvalue weighted by Gasteiger charge is -2.10. The average Bonchev–Trinajstić information content (AvgIpc) is 3.05. The lowest BCUT2D eigenvalue weighted by molar-refractivity contribution is 0.198. The Morgan fingerprint density at radius 1 is 1.13 bits per heavy atom. The maximum atomic E-state index is 13.6. The molecule has 2 aromatic carbocycles. The van der Waals surface area contributed by atoms with Crippen molar-refractivity contribution in [2.24, 2.45) is 0 Å². The molecule has 0 amide bonds. The van der Waals surface area contributed by atoms with Gasteiger partial charge in [-0.15, -0.1) is 5.10 Å². The van der Waals surface area contributed by atoms with Gasteiger partial charge >= 0.3 is 0 Å². The van der Waals surface area contributed by atoms with Gasteiger partial charge in [-0.3, -0.25) is 0 Å². The summed E-state index contributed by atoms with van der Waals surface area (Å²) in [4.78, 5) is 4.13. The molecule has 1 atom stereocenters. The van der Waals surface area contributed by atoms with E-state index in [0.29, 0.717) is 5.16 Å².